The average molecular weight is 383 g/mol. The topological polar surface area (TPSA) is 50.8 Å². The standard InChI is InChI=1S/C23H30N2O3/c1-18-10-12-19(13-11-18)28-17-23(26)24-16-21(25-14-6-3-7-15-25)20-8-4-5-9-22(20)27-2/h4-5,8-13,21H,3,6-7,14-17H2,1-2H3,(H,24,26). The van der Waals surface area contributed by atoms with Crippen LogP contribution in [0.1, 0.15) is 36.4 Å². The predicted molar refractivity (Wildman–Crippen MR) is 111 cm³/mol. The third-order valence-corrected chi connectivity index (χ3v) is 5.21. The molecule has 1 amide bonds. The van der Waals surface area contributed by atoms with Gasteiger partial charge in [-0.05, 0) is 51.1 Å². The van der Waals surface area contributed by atoms with Gasteiger partial charge in [0.05, 0.1) is 13.2 Å². The van der Waals surface area contributed by atoms with E-state index in [1.165, 1.54) is 19.3 Å². The van der Waals surface area contributed by atoms with Gasteiger partial charge in [-0.25, -0.2) is 0 Å². The van der Waals surface area contributed by atoms with Gasteiger partial charge in [-0.3, -0.25) is 9.69 Å². The Labute approximate surface area is 167 Å². The summed E-state index contributed by atoms with van der Waals surface area (Å²) in [6.07, 6.45) is 3.65. The van der Waals surface area contributed by atoms with E-state index in [2.05, 4.69) is 16.3 Å². The van der Waals surface area contributed by atoms with E-state index < -0.39 is 0 Å². The maximum absolute atomic E-state index is 12.4. The van der Waals surface area contributed by atoms with E-state index in [1.807, 2.05) is 49.4 Å². The van der Waals surface area contributed by atoms with Crippen LogP contribution in [0.4, 0.5) is 0 Å². The van der Waals surface area contributed by atoms with E-state index in [0.29, 0.717) is 12.3 Å². The molecule has 0 spiro atoms. The molecular weight excluding hydrogens is 352 g/mol. The molecule has 1 aliphatic rings. The summed E-state index contributed by atoms with van der Waals surface area (Å²) >= 11 is 0. The zero-order valence-electron chi connectivity index (χ0n) is 16.8. The molecule has 1 heterocycles. The van der Waals surface area contributed by atoms with Gasteiger partial charge < -0.3 is 14.8 Å². The minimum Gasteiger partial charge on any atom is -0.496 e. The molecule has 2 aromatic carbocycles. The number of amides is 1. The largest absolute Gasteiger partial charge is 0.496 e. The Morgan fingerprint density at radius 3 is 2.50 bits per heavy atom. The van der Waals surface area contributed by atoms with Gasteiger partial charge in [-0.1, -0.05) is 42.3 Å². The van der Waals surface area contributed by atoms with Crippen LogP contribution in [0.5, 0.6) is 11.5 Å². The highest BCUT2D eigenvalue weighted by atomic mass is 16.5. The van der Waals surface area contributed by atoms with E-state index in [4.69, 9.17) is 9.47 Å². The molecular formula is C23H30N2O3. The zero-order valence-corrected chi connectivity index (χ0v) is 16.8. The van der Waals surface area contributed by atoms with Crippen LogP contribution in [0.3, 0.4) is 0 Å². The second-order valence-corrected chi connectivity index (χ2v) is 7.26. The number of piperidine rings is 1. The molecule has 1 fully saturated rings. The molecule has 3 rings (SSSR count). The molecule has 0 bridgehead atoms. The number of hydrogen-bond acceptors (Lipinski definition) is 4. The fraction of sp³-hybridized carbons (Fsp3) is 0.435. The van der Waals surface area contributed by atoms with Crippen molar-refractivity contribution in [3.05, 3.63) is 59.7 Å². The van der Waals surface area contributed by atoms with Gasteiger partial charge in [0.15, 0.2) is 6.61 Å². The van der Waals surface area contributed by atoms with Crippen molar-refractivity contribution in [2.45, 2.75) is 32.2 Å². The van der Waals surface area contributed by atoms with Gasteiger partial charge in [0.1, 0.15) is 11.5 Å². The number of likely N-dealkylation sites (tertiary alicyclic amines) is 1. The van der Waals surface area contributed by atoms with Crippen molar-refractivity contribution >= 4 is 5.91 Å². The lowest BCUT2D eigenvalue weighted by molar-refractivity contribution is -0.123. The maximum Gasteiger partial charge on any atom is 0.258 e. The first kappa shape index (κ1) is 20.2. The summed E-state index contributed by atoms with van der Waals surface area (Å²) in [4.78, 5) is 14.8. The molecule has 0 aliphatic carbocycles. The van der Waals surface area contributed by atoms with Crippen molar-refractivity contribution in [2.24, 2.45) is 0 Å². The number of aryl methyl sites for hydroxylation is 1. The summed E-state index contributed by atoms with van der Waals surface area (Å²) in [5, 5.41) is 3.05. The lowest BCUT2D eigenvalue weighted by Gasteiger charge is -2.35. The number of nitrogens with one attached hydrogen (secondary N) is 1. The van der Waals surface area contributed by atoms with Crippen LogP contribution < -0.4 is 14.8 Å². The normalized spacial score (nSPS) is 15.6. The Morgan fingerprint density at radius 1 is 1.07 bits per heavy atom. The summed E-state index contributed by atoms with van der Waals surface area (Å²) in [7, 11) is 1.69. The molecule has 0 saturated carbocycles. The zero-order chi connectivity index (χ0) is 19.8. The highest BCUT2D eigenvalue weighted by Crippen LogP contribution is 2.30. The Morgan fingerprint density at radius 2 is 1.79 bits per heavy atom. The second-order valence-electron chi connectivity index (χ2n) is 7.26. The van der Waals surface area contributed by atoms with Crippen LogP contribution in [0.25, 0.3) is 0 Å². The van der Waals surface area contributed by atoms with Crippen molar-refractivity contribution in [1.82, 2.24) is 10.2 Å². The average Bonchev–Trinajstić information content (AvgIpc) is 2.74. The van der Waals surface area contributed by atoms with Gasteiger partial charge in [-0.2, -0.15) is 0 Å². The first-order chi connectivity index (χ1) is 13.7. The van der Waals surface area contributed by atoms with E-state index >= 15 is 0 Å². The second kappa shape index (κ2) is 10.1. The molecule has 5 nitrogen and oxygen atoms in total. The first-order valence-corrected chi connectivity index (χ1v) is 10.0. The smallest absolute Gasteiger partial charge is 0.258 e. The number of rotatable bonds is 8. The fourth-order valence-corrected chi connectivity index (χ4v) is 3.65. The Bertz CT molecular complexity index is 755. The summed E-state index contributed by atoms with van der Waals surface area (Å²) in [6.45, 7) is 4.66. The quantitative estimate of drug-likeness (QED) is 0.756. The highest BCUT2D eigenvalue weighted by molar-refractivity contribution is 5.77. The van der Waals surface area contributed by atoms with E-state index in [1.54, 1.807) is 7.11 Å². The van der Waals surface area contributed by atoms with Gasteiger partial charge in [0, 0.05) is 12.1 Å². The number of benzene rings is 2. The summed E-state index contributed by atoms with van der Waals surface area (Å²) in [6, 6.07) is 15.9. The molecule has 150 valence electrons. The molecule has 1 aliphatic heterocycles. The van der Waals surface area contributed by atoms with E-state index in [-0.39, 0.29) is 18.6 Å². The number of carbonyl (C=O) groups is 1. The molecule has 0 radical (unpaired) electrons. The molecule has 1 atom stereocenters. The molecule has 1 N–H and O–H groups in total. The van der Waals surface area contributed by atoms with Gasteiger partial charge in [0.2, 0.25) is 0 Å². The lowest BCUT2D eigenvalue weighted by Crippen LogP contribution is -2.41. The molecule has 1 saturated heterocycles. The number of nitrogens with zero attached hydrogens (tertiary/aromatic N) is 1. The third-order valence-electron chi connectivity index (χ3n) is 5.21. The third kappa shape index (κ3) is 5.49. The van der Waals surface area contributed by atoms with Crippen LogP contribution in [0.2, 0.25) is 0 Å². The number of carbonyl (C=O) groups excluding carboxylic acids is 1. The molecule has 0 aromatic heterocycles. The Balaban J connectivity index is 1.62. The van der Waals surface area contributed by atoms with Crippen LogP contribution in [0, 0.1) is 6.92 Å². The SMILES string of the molecule is COc1ccccc1C(CNC(=O)COc1ccc(C)cc1)N1CCCCC1. The summed E-state index contributed by atoms with van der Waals surface area (Å²) in [5.41, 5.74) is 2.28. The van der Waals surface area contributed by atoms with Gasteiger partial charge in [-0.15, -0.1) is 0 Å². The van der Waals surface area contributed by atoms with Crippen molar-refractivity contribution in [2.75, 3.05) is 33.4 Å². The van der Waals surface area contributed by atoms with Crippen molar-refractivity contribution in [1.29, 1.82) is 0 Å². The lowest BCUT2D eigenvalue weighted by atomic mass is 10.0. The molecule has 1 unspecified atom stereocenters. The number of hydrogen-bond donors (Lipinski definition) is 1. The minimum absolute atomic E-state index is 0.0156. The molecule has 28 heavy (non-hydrogen) atoms. The monoisotopic (exact) mass is 382 g/mol. The number of para-hydroxylation sites is 1. The van der Waals surface area contributed by atoms with Crippen LogP contribution in [-0.4, -0.2) is 44.2 Å². The van der Waals surface area contributed by atoms with Crippen LogP contribution in [0.15, 0.2) is 48.5 Å². The highest BCUT2D eigenvalue weighted by Gasteiger charge is 2.25. The van der Waals surface area contributed by atoms with E-state index in [0.717, 1.165) is 30.0 Å². The van der Waals surface area contributed by atoms with Crippen molar-refractivity contribution < 1.29 is 14.3 Å². The summed E-state index contributed by atoms with van der Waals surface area (Å²) in [5.74, 6) is 1.46. The number of ether oxygens (including phenoxy) is 2. The minimum atomic E-state index is -0.113. The van der Waals surface area contributed by atoms with E-state index in [9.17, 15) is 4.79 Å². The molecule has 2 aromatic rings. The number of methoxy groups -OCH3 is 1. The Hall–Kier alpha value is -2.53. The Kier molecular flexibility index (Phi) is 7.31. The summed E-state index contributed by atoms with van der Waals surface area (Å²) < 4.78 is 11.2. The van der Waals surface area contributed by atoms with Crippen LogP contribution in [-0.2, 0) is 4.79 Å². The van der Waals surface area contributed by atoms with Gasteiger partial charge in [0.25, 0.3) is 5.91 Å². The van der Waals surface area contributed by atoms with Crippen molar-refractivity contribution in [3.8, 4) is 11.5 Å². The molecule has 5 heteroatoms. The van der Waals surface area contributed by atoms with Crippen molar-refractivity contribution in [3.63, 3.8) is 0 Å². The first-order valence-electron chi connectivity index (χ1n) is 10.0. The fourth-order valence-electron chi connectivity index (χ4n) is 3.65. The predicted octanol–water partition coefficient (Wildman–Crippen LogP) is 3.73. The van der Waals surface area contributed by atoms with Crippen LogP contribution >= 0.6 is 0 Å². The van der Waals surface area contributed by atoms with Gasteiger partial charge >= 0.3 is 0 Å². The maximum atomic E-state index is 12.4.